The van der Waals surface area contributed by atoms with Crippen LogP contribution in [0.15, 0.2) is 41.0 Å². The number of amides is 2. The summed E-state index contributed by atoms with van der Waals surface area (Å²) >= 11 is 12.0. The molecular weight excluding hydrogens is 375 g/mol. The van der Waals surface area contributed by atoms with Gasteiger partial charge in [-0.1, -0.05) is 29.3 Å². The molecule has 2 heterocycles. The summed E-state index contributed by atoms with van der Waals surface area (Å²) in [6.45, 7) is 2.99. The van der Waals surface area contributed by atoms with E-state index < -0.39 is 0 Å². The third kappa shape index (κ3) is 4.22. The van der Waals surface area contributed by atoms with Crippen molar-refractivity contribution in [1.29, 1.82) is 0 Å². The summed E-state index contributed by atoms with van der Waals surface area (Å²) in [5.74, 6) is 0.0914. The molecule has 1 aliphatic rings. The van der Waals surface area contributed by atoms with Crippen molar-refractivity contribution in [3.8, 4) is 0 Å². The van der Waals surface area contributed by atoms with E-state index in [2.05, 4.69) is 5.32 Å². The molecule has 1 fully saturated rings. The largest absolute Gasteiger partial charge is 0.459 e. The van der Waals surface area contributed by atoms with Crippen molar-refractivity contribution in [2.45, 2.75) is 25.8 Å². The minimum Gasteiger partial charge on any atom is -0.459 e. The van der Waals surface area contributed by atoms with Crippen molar-refractivity contribution < 1.29 is 14.0 Å². The van der Waals surface area contributed by atoms with E-state index in [0.29, 0.717) is 41.7 Å². The van der Waals surface area contributed by atoms with Crippen molar-refractivity contribution in [2.75, 3.05) is 13.1 Å². The maximum absolute atomic E-state index is 12.5. The number of benzene rings is 1. The highest BCUT2D eigenvalue weighted by molar-refractivity contribution is 6.42. The normalized spacial score (nSPS) is 16.3. The van der Waals surface area contributed by atoms with E-state index in [1.165, 1.54) is 6.26 Å². The van der Waals surface area contributed by atoms with Crippen LogP contribution < -0.4 is 5.32 Å². The highest BCUT2D eigenvalue weighted by atomic mass is 35.5. The molecule has 0 aliphatic carbocycles. The summed E-state index contributed by atoms with van der Waals surface area (Å²) < 4.78 is 5.15. The topological polar surface area (TPSA) is 62.6 Å². The average molecular weight is 395 g/mol. The highest BCUT2D eigenvalue weighted by Gasteiger charge is 2.29. The number of hydrogen-bond acceptors (Lipinski definition) is 3. The van der Waals surface area contributed by atoms with Crippen LogP contribution in [-0.4, -0.2) is 29.8 Å². The Morgan fingerprint density at radius 2 is 1.92 bits per heavy atom. The minimum absolute atomic E-state index is 0.00586. The van der Waals surface area contributed by atoms with Crippen molar-refractivity contribution in [1.82, 2.24) is 10.2 Å². The molecule has 0 saturated carbocycles. The van der Waals surface area contributed by atoms with E-state index in [1.54, 1.807) is 29.2 Å². The second kappa shape index (κ2) is 8.14. The number of carbonyl (C=O) groups excluding carboxylic acids is 2. The molecule has 138 valence electrons. The van der Waals surface area contributed by atoms with Crippen LogP contribution in [0.25, 0.3) is 0 Å². The van der Waals surface area contributed by atoms with Gasteiger partial charge in [0.15, 0.2) is 5.76 Å². The number of nitrogens with zero attached hydrogens (tertiary/aromatic N) is 1. The molecule has 0 spiro atoms. The number of rotatable bonds is 4. The first-order chi connectivity index (χ1) is 12.5. The molecule has 1 saturated heterocycles. The number of furan rings is 1. The molecule has 1 aliphatic heterocycles. The number of hydrogen-bond donors (Lipinski definition) is 1. The van der Waals surface area contributed by atoms with Gasteiger partial charge in [0, 0.05) is 19.0 Å². The third-order valence-corrected chi connectivity index (χ3v) is 5.43. The smallest absolute Gasteiger partial charge is 0.289 e. The van der Waals surface area contributed by atoms with E-state index in [9.17, 15) is 9.59 Å². The van der Waals surface area contributed by atoms with Crippen molar-refractivity contribution in [3.63, 3.8) is 0 Å². The summed E-state index contributed by atoms with van der Waals surface area (Å²) in [6, 6.07) is 8.52. The van der Waals surface area contributed by atoms with Gasteiger partial charge >= 0.3 is 0 Å². The summed E-state index contributed by atoms with van der Waals surface area (Å²) in [5.41, 5.74) is 0.901. The van der Waals surface area contributed by atoms with Gasteiger partial charge in [0.05, 0.1) is 22.4 Å². The first-order valence-corrected chi connectivity index (χ1v) is 9.29. The first kappa shape index (κ1) is 18.8. The maximum Gasteiger partial charge on any atom is 0.289 e. The fourth-order valence-electron chi connectivity index (χ4n) is 3.10. The second-order valence-corrected chi connectivity index (χ2v) is 7.26. The Kier molecular flexibility index (Phi) is 5.89. The zero-order valence-corrected chi connectivity index (χ0v) is 15.9. The van der Waals surface area contributed by atoms with E-state index in [0.717, 1.165) is 5.56 Å². The van der Waals surface area contributed by atoms with E-state index in [-0.39, 0.29) is 23.8 Å². The fourth-order valence-corrected chi connectivity index (χ4v) is 3.40. The van der Waals surface area contributed by atoms with E-state index in [1.807, 2.05) is 13.0 Å². The van der Waals surface area contributed by atoms with Gasteiger partial charge in [-0.3, -0.25) is 9.59 Å². The summed E-state index contributed by atoms with van der Waals surface area (Å²) in [5, 5.41) is 3.98. The number of halogens is 2. The minimum atomic E-state index is -0.167. The van der Waals surface area contributed by atoms with Crippen molar-refractivity contribution in [2.24, 2.45) is 5.92 Å². The molecule has 0 radical (unpaired) electrons. The molecule has 2 aromatic rings. The molecule has 7 heteroatoms. The van der Waals surface area contributed by atoms with Crippen molar-refractivity contribution in [3.05, 3.63) is 58.0 Å². The van der Waals surface area contributed by atoms with Gasteiger partial charge in [0.2, 0.25) is 5.91 Å². The Bertz CT molecular complexity index is 784. The molecule has 1 aromatic heterocycles. The van der Waals surface area contributed by atoms with Crippen LogP contribution in [0, 0.1) is 5.92 Å². The molecule has 0 bridgehead atoms. The Hall–Kier alpha value is -1.98. The fraction of sp³-hybridized carbons (Fsp3) is 0.368. The van der Waals surface area contributed by atoms with Gasteiger partial charge in [0.25, 0.3) is 5.91 Å². The predicted octanol–water partition coefficient (Wildman–Crippen LogP) is 4.32. The highest BCUT2D eigenvalue weighted by Crippen LogP contribution is 2.26. The van der Waals surface area contributed by atoms with Gasteiger partial charge in [-0.25, -0.2) is 0 Å². The van der Waals surface area contributed by atoms with Gasteiger partial charge < -0.3 is 14.6 Å². The Morgan fingerprint density at radius 1 is 1.19 bits per heavy atom. The lowest BCUT2D eigenvalue weighted by molar-refractivity contribution is -0.127. The van der Waals surface area contributed by atoms with Crippen LogP contribution in [-0.2, 0) is 4.79 Å². The Labute approximate surface area is 162 Å². The van der Waals surface area contributed by atoms with Crippen molar-refractivity contribution >= 4 is 35.0 Å². The van der Waals surface area contributed by atoms with Crippen LogP contribution in [0.1, 0.15) is 41.9 Å². The molecule has 5 nitrogen and oxygen atoms in total. The second-order valence-electron chi connectivity index (χ2n) is 6.45. The molecule has 1 aromatic carbocycles. The summed E-state index contributed by atoms with van der Waals surface area (Å²) in [7, 11) is 0. The van der Waals surface area contributed by atoms with Crippen LogP contribution in [0.4, 0.5) is 0 Å². The summed E-state index contributed by atoms with van der Waals surface area (Å²) in [4.78, 5) is 26.5. The van der Waals surface area contributed by atoms with Gasteiger partial charge in [-0.2, -0.15) is 0 Å². The quantitative estimate of drug-likeness (QED) is 0.839. The standard InChI is InChI=1S/C19H20Cl2N2O3/c1-12(14-4-5-15(20)16(21)11-14)22-18(24)13-6-8-23(9-7-13)19(25)17-3-2-10-26-17/h2-5,10-13H,6-9H2,1H3,(H,22,24)/t12-/m1/s1. The number of carbonyl (C=O) groups is 2. The number of piperidine rings is 1. The molecule has 0 unspecified atom stereocenters. The monoisotopic (exact) mass is 394 g/mol. The maximum atomic E-state index is 12.5. The Morgan fingerprint density at radius 3 is 2.54 bits per heavy atom. The Balaban J connectivity index is 1.53. The van der Waals surface area contributed by atoms with Crippen LogP contribution in [0.5, 0.6) is 0 Å². The molecule has 1 N–H and O–H groups in total. The van der Waals surface area contributed by atoms with E-state index in [4.69, 9.17) is 27.6 Å². The molecule has 2 amide bonds. The van der Waals surface area contributed by atoms with Gasteiger partial charge in [-0.05, 0) is 49.6 Å². The van der Waals surface area contributed by atoms with E-state index >= 15 is 0 Å². The van der Waals surface area contributed by atoms with Crippen LogP contribution >= 0.6 is 23.2 Å². The SMILES string of the molecule is C[C@@H](NC(=O)C1CCN(C(=O)c2ccco2)CC1)c1ccc(Cl)c(Cl)c1. The van der Waals surface area contributed by atoms with Gasteiger partial charge in [-0.15, -0.1) is 0 Å². The summed E-state index contributed by atoms with van der Waals surface area (Å²) in [6.07, 6.45) is 2.75. The molecule has 1 atom stereocenters. The number of nitrogens with one attached hydrogen (secondary N) is 1. The lowest BCUT2D eigenvalue weighted by Crippen LogP contribution is -2.43. The van der Waals surface area contributed by atoms with Gasteiger partial charge in [0.1, 0.15) is 0 Å². The first-order valence-electron chi connectivity index (χ1n) is 8.54. The zero-order valence-electron chi connectivity index (χ0n) is 14.4. The third-order valence-electron chi connectivity index (χ3n) is 4.69. The van der Waals surface area contributed by atoms with Crippen LogP contribution in [0.3, 0.4) is 0 Å². The lowest BCUT2D eigenvalue weighted by Gasteiger charge is -2.31. The molecule has 26 heavy (non-hydrogen) atoms. The lowest BCUT2D eigenvalue weighted by atomic mass is 9.95. The molecule has 3 rings (SSSR count). The average Bonchev–Trinajstić information content (AvgIpc) is 3.18. The number of likely N-dealkylation sites (tertiary alicyclic amines) is 1. The predicted molar refractivity (Wildman–Crippen MR) is 100 cm³/mol. The zero-order chi connectivity index (χ0) is 18.7. The molecular formula is C19H20Cl2N2O3. The van der Waals surface area contributed by atoms with Crippen LogP contribution in [0.2, 0.25) is 10.0 Å².